The molecule has 0 spiro atoms. The highest BCUT2D eigenvalue weighted by Gasteiger charge is 2.31. The van der Waals surface area contributed by atoms with Gasteiger partial charge in [0.2, 0.25) is 0 Å². The number of benzene rings is 1. The van der Waals surface area contributed by atoms with Crippen molar-refractivity contribution in [1.82, 2.24) is 0 Å². The van der Waals surface area contributed by atoms with Gasteiger partial charge in [-0.05, 0) is 49.1 Å². The van der Waals surface area contributed by atoms with E-state index in [2.05, 4.69) is 12.1 Å². The predicted octanol–water partition coefficient (Wildman–Crippen LogP) is 4.13. The average molecular weight is 415 g/mol. The Balaban J connectivity index is 1.83. The molecule has 0 bridgehead atoms. The lowest BCUT2D eigenvalue weighted by Crippen LogP contribution is -2.14. The molecule has 2 rings (SSSR count). The van der Waals surface area contributed by atoms with Crippen LogP contribution in [0.2, 0.25) is 0 Å². The predicted molar refractivity (Wildman–Crippen MR) is 117 cm³/mol. The number of carbonyl (C=O) groups excluding carboxylic acids is 1. The number of unbranched alkanes of at least 4 members (excludes halogenated alkanes) is 1. The zero-order valence-corrected chi connectivity index (χ0v) is 17.8. The number of ketones is 1. The van der Waals surface area contributed by atoms with E-state index in [1.54, 1.807) is 7.11 Å². The molecule has 1 aromatic rings. The first kappa shape index (κ1) is 24.0. The Morgan fingerprint density at radius 1 is 1.30 bits per heavy atom. The molecule has 1 fully saturated rings. The van der Waals surface area contributed by atoms with E-state index in [4.69, 9.17) is 9.84 Å². The Morgan fingerprint density at radius 3 is 2.87 bits per heavy atom. The van der Waals surface area contributed by atoms with Crippen molar-refractivity contribution in [1.29, 1.82) is 0 Å². The van der Waals surface area contributed by atoms with E-state index in [9.17, 15) is 14.7 Å². The Labute approximate surface area is 179 Å². The third-order valence-corrected chi connectivity index (χ3v) is 5.58. The van der Waals surface area contributed by atoms with Crippen molar-refractivity contribution in [2.24, 2.45) is 11.8 Å². The number of carboxylic acids is 1. The largest absolute Gasteiger partial charge is 0.481 e. The maximum absolute atomic E-state index is 12.2. The number of carboxylic acid groups (broad SMARTS) is 1. The second-order valence-corrected chi connectivity index (χ2v) is 7.99. The van der Waals surface area contributed by atoms with Gasteiger partial charge >= 0.3 is 5.97 Å². The number of aliphatic hydroxyl groups is 1. The zero-order chi connectivity index (χ0) is 21.8. The van der Waals surface area contributed by atoms with E-state index in [1.165, 1.54) is 5.56 Å². The summed E-state index contributed by atoms with van der Waals surface area (Å²) in [6, 6.07) is 8.19. The van der Waals surface area contributed by atoms with E-state index >= 15 is 0 Å². The molecule has 2 N–H and O–H groups in total. The molecule has 1 aliphatic carbocycles. The van der Waals surface area contributed by atoms with Crippen LogP contribution in [0.3, 0.4) is 0 Å². The third kappa shape index (κ3) is 8.64. The number of aliphatic carboxylic acids is 1. The van der Waals surface area contributed by atoms with Gasteiger partial charge in [-0.3, -0.25) is 9.59 Å². The van der Waals surface area contributed by atoms with Gasteiger partial charge in [-0.15, -0.1) is 0 Å². The van der Waals surface area contributed by atoms with Crippen LogP contribution in [0.4, 0.5) is 0 Å². The molecule has 2 unspecified atom stereocenters. The minimum atomic E-state index is -0.778. The molecule has 0 aromatic heterocycles. The summed E-state index contributed by atoms with van der Waals surface area (Å²) in [4.78, 5) is 22.8. The first-order valence-electron chi connectivity index (χ1n) is 10.8. The standard InChI is InChI=1S/C25H34O5/c1-30-16-15-19-7-6-8-20(17-19)18-22(26)13-11-21-12-14-24(27)23(21)9-4-2-3-5-10-25(28)29/h2,4,6-8,11,13,17,21-23,26H,3,5,9-10,12,14-16,18H2,1H3,(H,28,29)/b4-2-,13-11+/t21?,22?,23-/m1/s1. The molecule has 0 aliphatic heterocycles. The molecule has 1 aliphatic rings. The molecule has 1 aromatic carbocycles. The summed E-state index contributed by atoms with van der Waals surface area (Å²) < 4.78 is 5.12. The number of allylic oxidation sites excluding steroid dienone is 3. The van der Waals surface area contributed by atoms with Crippen molar-refractivity contribution in [3.63, 3.8) is 0 Å². The molecule has 0 saturated heterocycles. The molecule has 0 amide bonds. The molecule has 3 atom stereocenters. The van der Waals surface area contributed by atoms with Crippen molar-refractivity contribution in [3.8, 4) is 0 Å². The third-order valence-electron chi connectivity index (χ3n) is 5.58. The highest BCUT2D eigenvalue weighted by atomic mass is 16.5. The Bertz CT molecular complexity index is 737. The monoisotopic (exact) mass is 414 g/mol. The molecule has 5 nitrogen and oxygen atoms in total. The van der Waals surface area contributed by atoms with Crippen LogP contribution in [0, 0.1) is 11.8 Å². The van der Waals surface area contributed by atoms with Crippen LogP contribution in [-0.2, 0) is 27.2 Å². The second kappa shape index (κ2) is 13.1. The number of rotatable bonds is 13. The molecular weight excluding hydrogens is 380 g/mol. The Kier molecular flexibility index (Phi) is 10.5. The minimum absolute atomic E-state index is 0.0402. The van der Waals surface area contributed by atoms with E-state index in [-0.39, 0.29) is 24.0 Å². The summed E-state index contributed by atoms with van der Waals surface area (Å²) in [5.74, 6) is -0.384. The van der Waals surface area contributed by atoms with E-state index in [1.807, 2.05) is 36.4 Å². The van der Waals surface area contributed by atoms with Gasteiger partial charge in [0.05, 0.1) is 12.7 Å². The topological polar surface area (TPSA) is 83.8 Å². The van der Waals surface area contributed by atoms with E-state index in [0.717, 1.165) is 24.8 Å². The van der Waals surface area contributed by atoms with Crippen LogP contribution in [0.15, 0.2) is 48.6 Å². The van der Waals surface area contributed by atoms with Gasteiger partial charge < -0.3 is 14.9 Å². The first-order valence-corrected chi connectivity index (χ1v) is 10.8. The smallest absolute Gasteiger partial charge is 0.303 e. The van der Waals surface area contributed by atoms with Crippen LogP contribution in [0.5, 0.6) is 0 Å². The van der Waals surface area contributed by atoms with E-state index in [0.29, 0.717) is 32.3 Å². The Hall–Kier alpha value is -2.24. The zero-order valence-electron chi connectivity index (χ0n) is 17.8. The van der Waals surface area contributed by atoms with Crippen LogP contribution in [-0.4, -0.2) is 41.8 Å². The van der Waals surface area contributed by atoms with Gasteiger partial charge in [0, 0.05) is 32.3 Å². The summed E-state index contributed by atoms with van der Waals surface area (Å²) in [6.07, 6.45) is 12.2. The van der Waals surface area contributed by atoms with Crippen molar-refractivity contribution in [2.45, 2.75) is 57.5 Å². The molecule has 30 heavy (non-hydrogen) atoms. The molecule has 0 radical (unpaired) electrons. The van der Waals surface area contributed by atoms with Crippen LogP contribution in [0.1, 0.15) is 49.7 Å². The van der Waals surface area contributed by atoms with Gasteiger partial charge in [-0.25, -0.2) is 0 Å². The second-order valence-electron chi connectivity index (χ2n) is 7.99. The summed E-state index contributed by atoms with van der Waals surface area (Å²) >= 11 is 0. The average Bonchev–Trinajstić information content (AvgIpc) is 3.07. The van der Waals surface area contributed by atoms with Crippen molar-refractivity contribution in [3.05, 3.63) is 59.7 Å². The quantitative estimate of drug-likeness (QED) is 0.374. The highest BCUT2D eigenvalue weighted by Crippen LogP contribution is 2.33. The fourth-order valence-corrected chi connectivity index (χ4v) is 3.92. The van der Waals surface area contributed by atoms with Gasteiger partial charge in [-0.2, -0.15) is 0 Å². The lowest BCUT2D eigenvalue weighted by Gasteiger charge is -2.14. The maximum Gasteiger partial charge on any atom is 0.303 e. The fraction of sp³-hybridized carbons (Fsp3) is 0.520. The summed E-state index contributed by atoms with van der Waals surface area (Å²) in [7, 11) is 1.69. The summed E-state index contributed by atoms with van der Waals surface area (Å²) in [6.45, 7) is 0.678. The van der Waals surface area contributed by atoms with Gasteiger partial charge in [0.15, 0.2) is 0 Å². The molecule has 0 heterocycles. The lowest BCUT2D eigenvalue weighted by molar-refractivity contribution is -0.137. The number of methoxy groups -OCH3 is 1. The molecule has 1 saturated carbocycles. The summed E-state index contributed by atoms with van der Waals surface area (Å²) in [5.41, 5.74) is 2.28. The van der Waals surface area contributed by atoms with Crippen LogP contribution in [0.25, 0.3) is 0 Å². The van der Waals surface area contributed by atoms with Crippen molar-refractivity contribution >= 4 is 11.8 Å². The number of hydrogen-bond donors (Lipinski definition) is 2. The van der Waals surface area contributed by atoms with Crippen LogP contribution >= 0.6 is 0 Å². The lowest BCUT2D eigenvalue weighted by atomic mass is 9.91. The SMILES string of the molecule is COCCc1cccc(CC(O)/C=C/C2CCC(=O)[C@@H]2C/C=C\CCCC(=O)O)c1. The Morgan fingerprint density at radius 2 is 2.10 bits per heavy atom. The molecule has 5 heteroatoms. The van der Waals surface area contributed by atoms with Crippen molar-refractivity contribution < 1.29 is 24.5 Å². The normalized spacial score (nSPS) is 20.4. The number of hydrogen-bond acceptors (Lipinski definition) is 4. The van der Waals surface area contributed by atoms with Gasteiger partial charge in [-0.1, -0.05) is 48.6 Å². The molecular formula is C25H34O5. The number of aliphatic hydroxyl groups excluding tert-OH is 1. The van der Waals surface area contributed by atoms with Gasteiger partial charge in [0.1, 0.15) is 5.78 Å². The fourth-order valence-electron chi connectivity index (χ4n) is 3.92. The number of ether oxygens (including phenoxy) is 1. The minimum Gasteiger partial charge on any atom is -0.481 e. The summed E-state index contributed by atoms with van der Waals surface area (Å²) in [5, 5.41) is 19.1. The first-order chi connectivity index (χ1) is 14.5. The van der Waals surface area contributed by atoms with Gasteiger partial charge in [0.25, 0.3) is 0 Å². The van der Waals surface area contributed by atoms with Crippen LogP contribution < -0.4 is 0 Å². The maximum atomic E-state index is 12.2. The van der Waals surface area contributed by atoms with E-state index < -0.39 is 12.1 Å². The number of Topliss-reactive ketones (excluding diaryl/α,β-unsaturated/α-hetero) is 1. The highest BCUT2D eigenvalue weighted by molar-refractivity contribution is 5.83. The number of carbonyl (C=O) groups is 2. The van der Waals surface area contributed by atoms with Crippen molar-refractivity contribution in [2.75, 3.05) is 13.7 Å². The molecule has 164 valence electrons.